The van der Waals surface area contributed by atoms with Crippen LogP contribution < -0.4 is 4.74 Å². The van der Waals surface area contributed by atoms with Gasteiger partial charge in [0.25, 0.3) is 0 Å². The summed E-state index contributed by atoms with van der Waals surface area (Å²) in [5, 5.41) is 18.5. The number of aliphatic carboxylic acids is 1. The van der Waals surface area contributed by atoms with Gasteiger partial charge in [-0.25, -0.2) is 0 Å². The van der Waals surface area contributed by atoms with E-state index in [0.29, 0.717) is 6.42 Å². The highest BCUT2D eigenvalue weighted by Gasteiger charge is 2.28. The number of ether oxygens (including phenoxy) is 1. The lowest BCUT2D eigenvalue weighted by Crippen LogP contribution is -2.27. The van der Waals surface area contributed by atoms with E-state index in [0.717, 1.165) is 15.8 Å². The monoisotopic (exact) mass is 330 g/mol. The number of carboxylic acids is 1. The Hall–Kier alpha value is -1.07. The molecule has 106 valence electrons. The van der Waals surface area contributed by atoms with Crippen LogP contribution in [-0.4, -0.2) is 29.4 Å². The van der Waals surface area contributed by atoms with E-state index < -0.39 is 12.1 Å². The van der Waals surface area contributed by atoms with Crippen LogP contribution in [0.1, 0.15) is 32.3 Å². The molecule has 0 unspecified atom stereocenters. The fraction of sp³-hybridized carbons (Fsp3) is 0.500. The third-order valence-corrected chi connectivity index (χ3v) is 3.54. The van der Waals surface area contributed by atoms with Gasteiger partial charge in [0.05, 0.1) is 19.6 Å². The van der Waals surface area contributed by atoms with Crippen molar-refractivity contribution in [2.45, 2.75) is 38.2 Å². The van der Waals surface area contributed by atoms with Crippen LogP contribution in [0, 0.1) is 0 Å². The van der Waals surface area contributed by atoms with E-state index in [1.54, 1.807) is 7.11 Å². The van der Waals surface area contributed by atoms with Crippen LogP contribution in [0.4, 0.5) is 0 Å². The molecule has 0 spiro atoms. The molecule has 1 rings (SSSR count). The Kier molecular flexibility index (Phi) is 5.38. The molecule has 19 heavy (non-hydrogen) atoms. The standard InChI is InChI=1S/C14H19BrO4/c1-14(2,8-10(16)7-13(17)18)11-6-9(15)4-5-12(11)19-3/h4-6,10,16H,7-8H2,1-3H3,(H,17,18)/t10-/m0/s1. The van der Waals surface area contributed by atoms with Crippen molar-refractivity contribution >= 4 is 21.9 Å². The molecule has 1 aromatic carbocycles. The van der Waals surface area contributed by atoms with Gasteiger partial charge < -0.3 is 14.9 Å². The summed E-state index contributed by atoms with van der Waals surface area (Å²) in [4.78, 5) is 10.6. The van der Waals surface area contributed by atoms with Gasteiger partial charge in [-0.2, -0.15) is 0 Å². The minimum Gasteiger partial charge on any atom is -0.496 e. The van der Waals surface area contributed by atoms with Crippen molar-refractivity contribution in [3.63, 3.8) is 0 Å². The number of halogens is 1. The van der Waals surface area contributed by atoms with Gasteiger partial charge in [0, 0.05) is 10.0 Å². The van der Waals surface area contributed by atoms with Gasteiger partial charge in [-0.3, -0.25) is 4.79 Å². The Balaban J connectivity index is 2.98. The van der Waals surface area contributed by atoms with E-state index in [9.17, 15) is 9.90 Å². The predicted octanol–water partition coefficient (Wildman–Crippen LogP) is 2.96. The first-order valence-electron chi connectivity index (χ1n) is 6.00. The van der Waals surface area contributed by atoms with Crippen LogP contribution in [-0.2, 0) is 10.2 Å². The van der Waals surface area contributed by atoms with Crippen molar-refractivity contribution in [3.05, 3.63) is 28.2 Å². The molecule has 0 aliphatic carbocycles. The number of carboxylic acid groups (broad SMARTS) is 1. The van der Waals surface area contributed by atoms with Crippen molar-refractivity contribution in [2.75, 3.05) is 7.11 Å². The van der Waals surface area contributed by atoms with Crippen molar-refractivity contribution in [1.29, 1.82) is 0 Å². The molecule has 0 saturated carbocycles. The first-order valence-corrected chi connectivity index (χ1v) is 6.79. The topological polar surface area (TPSA) is 66.8 Å². The molecule has 0 fully saturated rings. The Morgan fingerprint density at radius 2 is 2.11 bits per heavy atom. The van der Waals surface area contributed by atoms with E-state index in [2.05, 4.69) is 15.9 Å². The van der Waals surface area contributed by atoms with Crippen molar-refractivity contribution in [2.24, 2.45) is 0 Å². The number of carbonyl (C=O) groups is 1. The van der Waals surface area contributed by atoms with E-state index in [-0.39, 0.29) is 11.8 Å². The molecule has 0 heterocycles. The van der Waals surface area contributed by atoms with Gasteiger partial charge in [-0.1, -0.05) is 29.8 Å². The summed E-state index contributed by atoms with van der Waals surface area (Å²) in [6.45, 7) is 3.92. The van der Waals surface area contributed by atoms with Crippen LogP contribution >= 0.6 is 15.9 Å². The first-order chi connectivity index (χ1) is 8.76. The SMILES string of the molecule is COc1ccc(Br)cc1C(C)(C)C[C@@H](O)CC(=O)O. The normalized spacial score (nSPS) is 13.1. The number of methoxy groups -OCH3 is 1. The molecular formula is C14H19BrO4. The van der Waals surface area contributed by atoms with Gasteiger partial charge in [-0.05, 0) is 30.0 Å². The minimum absolute atomic E-state index is 0.250. The van der Waals surface area contributed by atoms with Crippen LogP contribution in [0.25, 0.3) is 0 Å². The van der Waals surface area contributed by atoms with E-state index in [4.69, 9.17) is 9.84 Å². The summed E-state index contributed by atoms with van der Waals surface area (Å²) in [5.74, 6) is -0.264. The molecule has 0 aliphatic rings. The molecule has 0 aromatic heterocycles. The van der Waals surface area contributed by atoms with E-state index >= 15 is 0 Å². The number of rotatable bonds is 6. The molecular weight excluding hydrogens is 312 g/mol. The molecule has 2 N–H and O–H groups in total. The average Bonchev–Trinajstić information content (AvgIpc) is 2.26. The van der Waals surface area contributed by atoms with Crippen LogP contribution in [0.2, 0.25) is 0 Å². The van der Waals surface area contributed by atoms with Gasteiger partial charge >= 0.3 is 5.97 Å². The predicted molar refractivity (Wildman–Crippen MR) is 76.6 cm³/mol. The summed E-state index contributed by atoms with van der Waals surface area (Å²) >= 11 is 3.41. The quantitative estimate of drug-likeness (QED) is 0.841. The molecule has 1 atom stereocenters. The molecule has 4 nitrogen and oxygen atoms in total. The number of hydrogen-bond donors (Lipinski definition) is 2. The maximum Gasteiger partial charge on any atom is 0.305 e. The number of benzene rings is 1. The van der Waals surface area contributed by atoms with Crippen LogP contribution in [0.15, 0.2) is 22.7 Å². The summed E-state index contributed by atoms with van der Waals surface area (Å²) in [5.41, 5.74) is 0.554. The third-order valence-electron chi connectivity index (χ3n) is 3.05. The highest BCUT2D eigenvalue weighted by molar-refractivity contribution is 9.10. The minimum atomic E-state index is -0.996. The number of aliphatic hydroxyl groups is 1. The summed E-state index contributed by atoms with van der Waals surface area (Å²) in [7, 11) is 1.59. The molecule has 0 bridgehead atoms. The zero-order valence-electron chi connectivity index (χ0n) is 11.3. The third kappa shape index (κ3) is 4.51. The molecule has 0 radical (unpaired) electrons. The van der Waals surface area contributed by atoms with Gasteiger partial charge in [0.1, 0.15) is 5.75 Å². The highest BCUT2D eigenvalue weighted by Crippen LogP contribution is 2.37. The van der Waals surface area contributed by atoms with Crippen molar-refractivity contribution in [1.82, 2.24) is 0 Å². The lowest BCUT2D eigenvalue weighted by Gasteiger charge is -2.29. The molecule has 0 amide bonds. The van der Waals surface area contributed by atoms with Crippen LogP contribution in [0.5, 0.6) is 5.75 Å². The van der Waals surface area contributed by atoms with Gasteiger partial charge in [0.15, 0.2) is 0 Å². The zero-order valence-corrected chi connectivity index (χ0v) is 12.9. The zero-order chi connectivity index (χ0) is 14.6. The van der Waals surface area contributed by atoms with E-state index in [1.807, 2.05) is 32.0 Å². The second-order valence-electron chi connectivity index (χ2n) is 5.18. The Morgan fingerprint density at radius 3 is 2.63 bits per heavy atom. The van der Waals surface area contributed by atoms with Crippen LogP contribution in [0.3, 0.4) is 0 Å². The molecule has 1 aromatic rings. The molecule has 5 heteroatoms. The first kappa shape index (κ1) is 16.0. The lowest BCUT2D eigenvalue weighted by atomic mass is 9.78. The largest absolute Gasteiger partial charge is 0.496 e. The second-order valence-corrected chi connectivity index (χ2v) is 6.10. The van der Waals surface area contributed by atoms with Crippen molar-refractivity contribution in [3.8, 4) is 5.75 Å². The second kappa shape index (κ2) is 6.39. The average molecular weight is 331 g/mol. The number of aliphatic hydroxyl groups excluding tert-OH is 1. The number of hydrogen-bond acceptors (Lipinski definition) is 3. The summed E-state index contributed by atoms with van der Waals surface area (Å²) < 4.78 is 6.25. The maximum atomic E-state index is 10.6. The van der Waals surface area contributed by atoms with Gasteiger partial charge in [-0.15, -0.1) is 0 Å². The van der Waals surface area contributed by atoms with E-state index in [1.165, 1.54) is 0 Å². The fourth-order valence-electron chi connectivity index (χ4n) is 2.18. The molecule has 0 saturated heterocycles. The lowest BCUT2D eigenvalue weighted by molar-refractivity contribution is -0.139. The maximum absolute atomic E-state index is 10.6. The Labute approximate surface area is 121 Å². The van der Waals surface area contributed by atoms with Gasteiger partial charge in [0.2, 0.25) is 0 Å². The molecule has 0 aliphatic heterocycles. The smallest absolute Gasteiger partial charge is 0.305 e. The Morgan fingerprint density at radius 1 is 1.47 bits per heavy atom. The Bertz CT molecular complexity index is 457. The highest BCUT2D eigenvalue weighted by atomic mass is 79.9. The fourth-order valence-corrected chi connectivity index (χ4v) is 2.54. The summed E-state index contributed by atoms with van der Waals surface area (Å²) in [6, 6.07) is 5.67. The summed E-state index contributed by atoms with van der Waals surface area (Å²) in [6.07, 6.45) is -0.775. The van der Waals surface area contributed by atoms with Crippen molar-refractivity contribution < 1.29 is 19.7 Å².